The highest BCUT2D eigenvalue weighted by atomic mass is 16.6. The predicted molar refractivity (Wildman–Crippen MR) is 31.5 cm³/mol. The van der Waals surface area contributed by atoms with Crippen LogP contribution in [-0.2, 0) is 7.05 Å². The van der Waals surface area contributed by atoms with Gasteiger partial charge in [0.05, 0.1) is 0 Å². The molecule has 10 heavy (non-hydrogen) atoms. The van der Waals surface area contributed by atoms with Gasteiger partial charge in [-0.1, -0.05) is 5.10 Å². The first kappa shape index (κ1) is 6.53. The van der Waals surface area contributed by atoms with E-state index < -0.39 is 10.7 Å². The number of aromatic nitrogens is 2. The number of aryl methyl sites for hydroxylation is 1. The fourth-order valence-corrected chi connectivity index (χ4v) is 0.631. The monoisotopic (exact) mass is 143 g/mol. The van der Waals surface area contributed by atoms with Crippen molar-refractivity contribution in [2.75, 3.05) is 0 Å². The molecule has 0 aliphatic heterocycles. The highest BCUT2D eigenvalue weighted by Gasteiger charge is 2.17. The van der Waals surface area contributed by atoms with Crippen LogP contribution in [0.3, 0.4) is 0 Å². The van der Waals surface area contributed by atoms with Crippen LogP contribution in [0.1, 0.15) is 0 Å². The molecule has 0 radical (unpaired) electrons. The van der Waals surface area contributed by atoms with Crippen molar-refractivity contribution in [1.82, 2.24) is 9.78 Å². The second-order valence-electron chi connectivity index (χ2n) is 1.73. The molecule has 0 saturated carbocycles. The maximum atomic E-state index is 10.1. The summed E-state index contributed by atoms with van der Waals surface area (Å²) in [7, 11) is 1.39. The molecule has 0 unspecified atom stereocenters. The van der Waals surface area contributed by atoms with E-state index in [1.807, 2.05) is 0 Å². The van der Waals surface area contributed by atoms with Crippen molar-refractivity contribution < 1.29 is 10.0 Å². The van der Waals surface area contributed by atoms with Crippen molar-refractivity contribution in [3.05, 3.63) is 16.3 Å². The Bertz CT molecular complexity index is 247. The molecule has 6 nitrogen and oxygen atoms in total. The zero-order valence-electron chi connectivity index (χ0n) is 5.18. The van der Waals surface area contributed by atoms with Gasteiger partial charge in [-0.2, -0.15) is 0 Å². The molecular weight excluding hydrogens is 138 g/mol. The Hall–Kier alpha value is -1.59. The Labute approximate surface area is 55.9 Å². The van der Waals surface area contributed by atoms with Crippen LogP contribution in [-0.4, -0.2) is 19.8 Å². The summed E-state index contributed by atoms with van der Waals surface area (Å²) in [6, 6.07) is 0. The third kappa shape index (κ3) is 0.790. The minimum absolute atomic E-state index is 0.389. The molecule has 1 aromatic rings. The Morgan fingerprint density at radius 1 is 1.90 bits per heavy atom. The van der Waals surface area contributed by atoms with E-state index in [-0.39, 0.29) is 5.82 Å². The number of nitro groups is 1. The van der Waals surface area contributed by atoms with Gasteiger partial charge in [-0.25, -0.2) is 0 Å². The highest BCUT2D eigenvalue weighted by Crippen LogP contribution is 2.22. The van der Waals surface area contributed by atoms with E-state index >= 15 is 0 Å². The van der Waals surface area contributed by atoms with Gasteiger partial charge in [0.1, 0.15) is 13.2 Å². The average Bonchev–Trinajstić information content (AvgIpc) is 2.11. The molecule has 0 aliphatic carbocycles. The van der Waals surface area contributed by atoms with Crippen molar-refractivity contribution in [2.45, 2.75) is 0 Å². The first-order valence-corrected chi connectivity index (χ1v) is 2.48. The van der Waals surface area contributed by atoms with Crippen molar-refractivity contribution in [3.63, 3.8) is 0 Å². The van der Waals surface area contributed by atoms with Crippen LogP contribution in [0.2, 0.25) is 0 Å². The van der Waals surface area contributed by atoms with Crippen molar-refractivity contribution >= 4 is 5.82 Å². The van der Waals surface area contributed by atoms with Gasteiger partial charge in [0.25, 0.3) is 0 Å². The van der Waals surface area contributed by atoms with Crippen LogP contribution in [0, 0.1) is 10.1 Å². The maximum absolute atomic E-state index is 10.1. The van der Waals surface area contributed by atoms with Crippen LogP contribution in [0.4, 0.5) is 5.82 Å². The predicted octanol–water partition coefficient (Wildman–Crippen LogP) is 0.0339. The van der Waals surface area contributed by atoms with Gasteiger partial charge in [0.2, 0.25) is 5.75 Å². The molecule has 1 rings (SSSR count). The van der Waals surface area contributed by atoms with Gasteiger partial charge >= 0.3 is 5.82 Å². The molecule has 1 aromatic heterocycles. The molecule has 0 aliphatic rings. The summed E-state index contributed by atoms with van der Waals surface area (Å²) in [6.07, 6.45) is 1.03. The summed E-state index contributed by atoms with van der Waals surface area (Å²) in [5, 5.41) is 22.3. The summed E-state index contributed by atoms with van der Waals surface area (Å²) in [6.45, 7) is 0. The van der Waals surface area contributed by atoms with Crippen molar-refractivity contribution in [1.29, 1.82) is 0 Å². The van der Waals surface area contributed by atoms with Crippen LogP contribution >= 0.6 is 0 Å². The molecule has 1 N–H and O–H groups in total. The molecule has 0 saturated heterocycles. The molecule has 0 bridgehead atoms. The summed E-state index contributed by atoms with van der Waals surface area (Å²) < 4.78 is 0.995. The molecule has 0 atom stereocenters. The number of hydrogen-bond donors (Lipinski definition) is 1. The van der Waals surface area contributed by atoms with Gasteiger partial charge in [-0.15, -0.1) is 4.68 Å². The fourth-order valence-electron chi connectivity index (χ4n) is 0.631. The lowest BCUT2D eigenvalue weighted by Crippen LogP contribution is -1.97. The Balaban J connectivity index is 3.23. The van der Waals surface area contributed by atoms with Crippen LogP contribution in [0.25, 0.3) is 0 Å². The zero-order chi connectivity index (χ0) is 7.72. The quantitative estimate of drug-likeness (QED) is 0.444. The Morgan fingerprint density at radius 3 is 2.70 bits per heavy atom. The smallest absolute Gasteiger partial charge is 0.387 e. The van der Waals surface area contributed by atoms with E-state index in [1.165, 1.54) is 7.05 Å². The van der Waals surface area contributed by atoms with Gasteiger partial charge < -0.3 is 15.2 Å². The molecule has 0 amide bonds. The van der Waals surface area contributed by atoms with Crippen LogP contribution in [0.15, 0.2) is 6.20 Å². The number of aromatic hydroxyl groups is 1. The summed E-state index contributed by atoms with van der Waals surface area (Å²) in [5.41, 5.74) is 0. The van der Waals surface area contributed by atoms with E-state index in [1.54, 1.807) is 0 Å². The zero-order valence-corrected chi connectivity index (χ0v) is 5.18. The first-order chi connectivity index (χ1) is 4.63. The highest BCUT2D eigenvalue weighted by molar-refractivity contribution is 5.35. The number of hydrogen-bond acceptors (Lipinski definition) is 4. The van der Waals surface area contributed by atoms with Crippen LogP contribution in [0.5, 0.6) is 5.75 Å². The first-order valence-electron chi connectivity index (χ1n) is 2.48. The minimum Gasteiger partial charge on any atom is -0.500 e. The van der Waals surface area contributed by atoms with Gasteiger partial charge in [-0.05, 0) is 4.92 Å². The second-order valence-corrected chi connectivity index (χ2v) is 1.73. The lowest BCUT2D eigenvalue weighted by Gasteiger charge is -1.91. The van der Waals surface area contributed by atoms with Crippen LogP contribution < -0.4 is 0 Å². The van der Waals surface area contributed by atoms with Crippen molar-refractivity contribution in [3.8, 4) is 5.75 Å². The van der Waals surface area contributed by atoms with Gasteiger partial charge in [0.15, 0.2) is 0 Å². The average molecular weight is 143 g/mol. The van der Waals surface area contributed by atoms with E-state index in [2.05, 4.69) is 5.10 Å². The molecule has 54 valence electrons. The van der Waals surface area contributed by atoms with E-state index in [4.69, 9.17) is 5.11 Å². The molecule has 0 spiro atoms. The molecule has 6 heteroatoms. The standard InChI is InChI=1S/C4H5N3O3/c1-6-4(7(9)10)3(8)2-5-6/h2,8H,1H3. The summed E-state index contributed by atoms with van der Waals surface area (Å²) >= 11 is 0. The van der Waals surface area contributed by atoms with Gasteiger partial charge in [0, 0.05) is 0 Å². The summed E-state index contributed by atoms with van der Waals surface area (Å²) in [5.74, 6) is -0.799. The van der Waals surface area contributed by atoms with Gasteiger partial charge in [-0.3, -0.25) is 0 Å². The summed E-state index contributed by atoms with van der Waals surface area (Å²) in [4.78, 5) is 9.40. The third-order valence-electron chi connectivity index (χ3n) is 1.06. The maximum Gasteiger partial charge on any atom is 0.387 e. The van der Waals surface area contributed by atoms with E-state index in [0.717, 1.165) is 10.9 Å². The molecule has 1 heterocycles. The lowest BCUT2D eigenvalue weighted by atomic mass is 10.6. The topological polar surface area (TPSA) is 81.2 Å². The number of nitrogens with zero attached hydrogens (tertiary/aromatic N) is 3. The largest absolute Gasteiger partial charge is 0.500 e. The molecule has 0 aromatic carbocycles. The molecule has 0 fully saturated rings. The normalized spacial score (nSPS) is 9.70. The minimum atomic E-state index is -0.692. The van der Waals surface area contributed by atoms with Crippen molar-refractivity contribution in [2.24, 2.45) is 7.05 Å². The second kappa shape index (κ2) is 1.98. The number of rotatable bonds is 1. The molecular formula is C4H5N3O3. The Kier molecular flexibility index (Phi) is 1.29. The van der Waals surface area contributed by atoms with E-state index in [0.29, 0.717) is 0 Å². The SMILES string of the molecule is Cn1ncc(O)c1[N+](=O)[O-]. The lowest BCUT2D eigenvalue weighted by molar-refractivity contribution is -0.393. The fraction of sp³-hybridized carbons (Fsp3) is 0.250. The third-order valence-corrected chi connectivity index (χ3v) is 1.06. The van der Waals surface area contributed by atoms with E-state index in [9.17, 15) is 10.1 Å². The Morgan fingerprint density at radius 2 is 2.50 bits per heavy atom.